The van der Waals surface area contributed by atoms with Crippen LogP contribution in [0.15, 0.2) is 30.5 Å². The van der Waals surface area contributed by atoms with E-state index in [-0.39, 0.29) is 11.8 Å². The molecule has 2 fully saturated rings. The maximum absolute atomic E-state index is 12.7. The first-order chi connectivity index (χ1) is 12.6. The van der Waals surface area contributed by atoms with Gasteiger partial charge in [-0.3, -0.25) is 4.79 Å². The number of carbonyl (C=O) groups excluding carboxylic acids is 1. The van der Waals surface area contributed by atoms with Gasteiger partial charge in [0.2, 0.25) is 5.91 Å². The van der Waals surface area contributed by atoms with Crippen LogP contribution in [0.25, 0.3) is 10.9 Å². The second-order valence-electron chi connectivity index (χ2n) is 7.79. The highest BCUT2D eigenvalue weighted by atomic mass is 16.5. The molecule has 26 heavy (non-hydrogen) atoms. The third-order valence-electron chi connectivity index (χ3n) is 6.34. The van der Waals surface area contributed by atoms with Gasteiger partial charge in [0.25, 0.3) is 0 Å². The summed E-state index contributed by atoms with van der Waals surface area (Å²) < 4.78 is 7.53. The van der Waals surface area contributed by atoms with Gasteiger partial charge in [-0.1, -0.05) is 18.9 Å². The molecule has 5 nitrogen and oxygen atoms in total. The number of methoxy groups -OCH3 is 1. The van der Waals surface area contributed by atoms with E-state index in [1.54, 1.807) is 7.11 Å². The average Bonchev–Trinajstić information content (AvgIpc) is 3.08. The van der Waals surface area contributed by atoms with Crippen LogP contribution in [-0.2, 0) is 11.3 Å². The van der Waals surface area contributed by atoms with E-state index in [1.807, 2.05) is 29.3 Å². The van der Waals surface area contributed by atoms with E-state index in [0.29, 0.717) is 19.5 Å². The number of piperidine rings is 1. The zero-order valence-electron chi connectivity index (χ0n) is 15.5. The number of ether oxygens (including phenoxy) is 1. The molecule has 1 aromatic carbocycles. The van der Waals surface area contributed by atoms with Crippen LogP contribution in [0.2, 0.25) is 0 Å². The van der Waals surface area contributed by atoms with Crippen molar-refractivity contribution in [2.24, 2.45) is 5.92 Å². The molecule has 1 amide bonds. The van der Waals surface area contributed by atoms with Gasteiger partial charge in [-0.15, -0.1) is 0 Å². The van der Waals surface area contributed by atoms with Crippen molar-refractivity contribution in [1.82, 2.24) is 9.47 Å². The highest BCUT2D eigenvalue weighted by Crippen LogP contribution is 2.39. The lowest BCUT2D eigenvalue weighted by Gasteiger charge is -2.47. The normalized spacial score (nSPS) is 25.9. The monoisotopic (exact) mass is 356 g/mol. The van der Waals surface area contributed by atoms with Gasteiger partial charge in [-0.25, -0.2) is 0 Å². The molecule has 0 spiro atoms. The minimum absolute atomic E-state index is 0.197. The quantitative estimate of drug-likeness (QED) is 0.915. The molecule has 2 heterocycles. The Balaban J connectivity index is 1.40. The Kier molecular flexibility index (Phi) is 4.65. The van der Waals surface area contributed by atoms with E-state index in [4.69, 9.17) is 4.74 Å². The van der Waals surface area contributed by atoms with Gasteiger partial charge < -0.3 is 19.3 Å². The van der Waals surface area contributed by atoms with E-state index < -0.39 is 5.60 Å². The van der Waals surface area contributed by atoms with Crippen molar-refractivity contribution < 1.29 is 14.6 Å². The summed E-state index contributed by atoms with van der Waals surface area (Å²) in [6.07, 6.45) is 7.48. The standard InChI is InChI=1S/C21H28N2O3/c1-26-19-7-4-6-18-17(19)8-12-22(18)13-9-20(24)23-14-11-21(25)10-3-2-5-16(21)15-23/h4,6-8,12,16,25H,2-3,5,9-11,13-15H2,1H3/t16-,21-/m0/s1. The molecule has 0 unspecified atom stereocenters. The number of aliphatic hydroxyl groups is 1. The summed E-state index contributed by atoms with van der Waals surface area (Å²) in [6, 6.07) is 8.04. The molecule has 0 radical (unpaired) electrons. The molecule has 1 aromatic heterocycles. The smallest absolute Gasteiger partial charge is 0.224 e. The van der Waals surface area contributed by atoms with Crippen LogP contribution in [-0.4, -0.2) is 46.3 Å². The minimum Gasteiger partial charge on any atom is -0.496 e. The molecule has 140 valence electrons. The lowest BCUT2D eigenvalue weighted by Crippen LogP contribution is -2.54. The molecular formula is C21H28N2O3. The number of rotatable bonds is 4. The van der Waals surface area contributed by atoms with Gasteiger partial charge >= 0.3 is 0 Å². The first kappa shape index (κ1) is 17.4. The summed E-state index contributed by atoms with van der Waals surface area (Å²) in [4.78, 5) is 14.7. The second kappa shape index (κ2) is 6.95. The topological polar surface area (TPSA) is 54.7 Å². The number of fused-ring (bicyclic) bond motifs is 2. The Bertz CT molecular complexity index is 800. The maximum Gasteiger partial charge on any atom is 0.224 e. The fourth-order valence-electron chi connectivity index (χ4n) is 4.74. The Morgan fingerprint density at radius 3 is 3.04 bits per heavy atom. The van der Waals surface area contributed by atoms with Crippen molar-refractivity contribution in [3.8, 4) is 5.75 Å². The molecule has 1 saturated carbocycles. The van der Waals surface area contributed by atoms with E-state index in [2.05, 4.69) is 10.6 Å². The molecule has 4 rings (SSSR count). The van der Waals surface area contributed by atoms with Crippen molar-refractivity contribution in [1.29, 1.82) is 0 Å². The summed E-state index contributed by atoms with van der Waals surface area (Å²) in [7, 11) is 1.68. The highest BCUT2D eigenvalue weighted by molar-refractivity contribution is 5.86. The Labute approximate surface area is 154 Å². The SMILES string of the molecule is COc1cccc2c1ccn2CCC(=O)N1CC[C@@]2(O)CCCC[C@H]2C1. The number of amides is 1. The molecule has 1 aliphatic heterocycles. The van der Waals surface area contributed by atoms with Crippen LogP contribution in [0, 0.1) is 5.92 Å². The van der Waals surface area contributed by atoms with Gasteiger partial charge in [0.1, 0.15) is 5.75 Å². The Morgan fingerprint density at radius 2 is 2.19 bits per heavy atom. The molecular weight excluding hydrogens is 328 g/mol. The fourth-order valence-corrected chi connectivity index (χ4v) is 4.74. The molecule has 2 aromatic rings. The minimum atomic E-state index is -0.526. The van der Waals surface area contributed by atoms with Crippen LogP contribution < -0.4 is 4.74 Å². The molecule has 5 heteroatoms. The van der Waals surface area contributed by atoms with E-state index >= 15 is 0 Å². The van der Waals surface area contributed by atoms with Gasteiger partial charge in [0.15, 0.2) is 0 Å². The molecule has 2 atom stereocenters. The van der Waals surface area contributed by atoms with Gasteiger partial charge in [0.05, 0.1) is 18.2 Å². The lowest BCUT2D eigenvalue weighted by molar-refractivity contribution is -0.143. The van der Waals surface area contributed by atoms with Crippen LogP contribution in [0.1, 0.15) is 38.5 Å². The van der Waals surface area contributed by atoms with Gasteiger partial charge in [-0.05, 0) is 37.5 Å². The average molecular weight is 356 g/mol. The van der Waals surface area contributed by atoms with Crippen LogP contribution in [0.5, 0.6) is 5.75 Å². The van der Waals surface area contributed by atoms with Gasteiger partial charge in [-0.2, -0.15) is 0 Å². The van der Waals surface area contributed by atoms with Crippen molar-refractivity contribution in [3.05, 3.63) is 30.5 Å². The zero-order chi connectivity index (χ0) is 18.1. The van der Waals surface area contributed by atoms with Crippen LogP contribution in [0.3, 0.4) is 0 Å². The van der Waals surface area contributed by atoms with Crippen molar-refractivity contribution in [2.45, 2.75) is 50.7 Å². The number of hydrogen-bond acceptors (Lipinski definition) is 3. The predicted octanol–water partition coefficient (Wildman–Crippen LogP) is 3.19. The number of benzene rings is 1. The first-order valence-corrected chi connectivity index (χ1v) is 9.73. The fraction of sp³-hybridized carbons (Fsp3) is 0.571. The van der Waals surface area contributed by atoms with E-state index in [9.17, 15) is 9.90 Å². The third-order valence-corrected chi connectivity index (χ3v) is 6.34. The summed E-state index contributed by atoms with van der Waals surface area (Å²) in [5.41, 5.74) is 0.569. The van der Waals surface area contributed by atoms with E-state index in [0.717, 1.165) is 48.9 Å². The second-order valence-corrected chi connectivity index (χ2v) is 7.79. The highest BCUT2D eigenvalue weighted by Gasteiger charge is 2.43. The summed E-state index contributed by atoms with van der Waals surface area (Å²) in [5, 5.41) is 11.9. The van der Waals surface area contributed by atoms with Gasteiger partial charge in [0, 0.05) is 43.6 Å². The van der Waals surface area contributed by atoms with Crippen LogP contribution in [0.4, 0.5) is 0 Å². The molecule has 0 bridgehead atoms. The third kappa shape index (κ3) is 3.09. The first-order valence-electron chi connectivity index (χ1n) is 9.73. The van der Waals surface area contributed by atoms with Crippen molar-refractivity contribution in [3.63, 3.8) is 0 Å². The molecule has 1 saturated heterocycles. The van der Waals surface area contributed by atoms with Crippen molar-refractivity contribution >= 4 is 16.8 Å². The molecule has 1 aliphatic carbocycles. The zero-order valence-corrected chi connectivity index (χ0v) is 15.5. The summed E-state index contributed by atoms with van der Waals surface area (Å²) in [5.74, 6) is 1.31. The maximum atomic E-state index is 12.7. The Morgan fingerprint density at radius 1 is 1.31 bits per heavy atom. The van der Waals surface area contributed by atoms with Crippen LogP contribution >= 0.6 is 0 Å². The number of aromatic nitrogens is 1. The number of aryl methyl sites for hydroxylation is 1. The molecule has 2 aliphatic rings. The largest absolute Gasteiger partial charge is 0.496 e. The number of hydrogen-bond donors (Lipinski definition) is 1. The number of carbonyl (C=O) groups is 1. The predicted molar refractivity (Wildman–Crippen MR) is 101 cm³/mol. The summed E-state index contributed by atoms with van der Waals surface area (Å²) >= 11 is 0. The van der Waals surface area contributed by atoms with E-state index in [1.165, 1.54) is 6.42 Å². The summed E-state index contributed by atoms with van der Waals surface area (Å²) in [6.45, 7) is 2.07. The van der Waals surface area contributed by atoms with Crippen molar-refractivity contribution in [2.75, 3.05) is 20.2 Å². The lowest BCUT2D eigenvalue weighted by atomic mass is 9.71. The number of nitrogens with zero attached hydrogens (tertiary/aromatic N) is 2. The number of likely N-dealkylation sites (tertiary alicyclic amines) is 1. The Hall–Kier alpha value is -2.01. The molecule has 1 N–H and O–H groups in total.